The third-order valence-corrected chi connectivity index (χ3v) is 4.96. The molecule has 0 atom stereocenters. The van der Waals surface area contributed by atoms with Gasteiger partial charge >= 0.3 is 6.09 Å². The van der Waals surface area contributed by atoms with Crippen LogP contribution in [0.3, 0.4) is 0 Å². The lowest BCUT2D eigenvalue weighted by atomic mass is 10.2. The molecule has 1 aromatic carbocycles. The molecule has 2 heterocycles. The number of likely N-dealkylation sites (N-methyl/N-ethyl adjacent to an activating group) is 1. The predicted molar refractivity (Wildman–Crippen MR) is 118 cm³/mol. The first-order chi connectivity index (χ1) is 14.9. The van der Waals surface area contributed by atoms with Crippen molar-refractivity contribution in [1.82, 2.24) is 14.9 Å². The van der Waals surface area contributed by atoms with E-state index in [2.05, 4.69) is 15.3 Å². The third kappa shape index (κ3) is 5.33. The third-order valence-electron chi connectivity index (χ3n) is 4.96. The summed E-state index contributed by atoms with van der Waals surface area (Å²) < 4.78 is 5.77. The van der Waals surface area contributed by atoms with Gasteiger partial charge in [-0.25, -0.2) is 9.78 Å². The molecular weight excluding hydrogens is 400 g/mol. The molecule has 3 rings (SSSR count). The fourth-order valence-electron chi connectivity index (χ4n) is 3.24. The van der Waals surface area contributed by atoms with Gasteiger partial charge in [0.05, 0.1) is 6.61 Å². The van der Waals surface area contributed by atoms with E-state index in [1.807, 2.05) is 43.1 Å². The lowest BCUT2D eigenvalue weighted by molar-refractivity contribution is 0.0989. The molecule has 2 aromatic rings. The standard InChI is InChI=1S/C21H28N6O4/c1-4-22-20-23-14-17-18(24-20)25(2)10-11-27(19(17)28)15-7-5-8-16(13-15)31-12-6-9-26(3)21(29)30/h5,7-8,13-14H,4,6,9-12H2,1-3H3,(H,29,30)(H,22,23,24). The van der Waals surface area contributed by atoms with E-state index in [0.29, 0.717) is 62.3 Å². The Kier molecular flexibility index (Phi) is 7.11. The summed E-state index contributed by atoms with van der Waals surface area (Å²) in [4.78, 5) is 37.7. The Bertz CT molecular complexity index is 938. The lowest BCUT2D eigenvalue weighted by Crippen LogP contribution is -2.33. The molecule has 1 aliphatic heterocycles. The maximum Gasteiger partial charge on any atom is 0.407 e. The van der Waals surface area contributed by atoms with Crippen LogP contribution in [-0.4, -0.2) is 78.9 Å². The van der Waals surface area contributed by atoms with Crippen LogP contribution < -0.4 is 19.9 Å². The minimum atomic E-state index is -0.964. The van der Waals surface area contributed by atoms with E-state index in [0.717, 1.165) is 5.69 Å². The molecule has 0 saturated carbocycles. The van der Waals surface area contributed by atoms with Crippen molar-refractivity contribution in [1.29, 1.82) is 0 Å². The molecule has 0 bridgehead atoms. The Morgan fingerprint density at radius 1 is 1.35 bits per heavy atom. The van der Waals surface area contributed by atoms with Crippen molar-refractivity contribution in [2.45, 2.75) is 13.3 Å². The second kappa shape index (κ2) is 9.96. The molecule has 0 saturated heterocycles. The van der Waals surface area contributed by atoms with Gasteiger partial charge in [0.2, 0.25) is 5.95 Å². The number of nitrogens with zero attached hydrogens (tertiary/aromatic N) is 5. The van der Waals surface area contributed by atoms with Gasteiger partial charge in [-0.1, -0.05) is 6.07 Å². The molecule has 0 fully saturated rings. The van der Waals surface area contributed by atoms with Gasteiger partial charge in [0.1, 0.15) is 17.1 Å². The molecule has 10 heteroatoms. The van der Waals surface area contributed by atoms with Gasteiger partial charge < -0.3 is 29.9 Å². The first-order valence-corrected chi connectivity index (χ1v) is 10.2. The van der Waals surface area contributed by atoms with Crippen molar-refractivity contribution < 1.29 is 19.4 Å². The molecule has 2 amide bonds. The summed E-state index contributed by atoms with van der Waals surface area (Å²) in [7, 11) is 3.43. The zero-order valence-electron chi connectivity index (χ0n) is 18.0. The Hall–Kier alpha value is -3.56. The van der Waals surface area contributed by atoms with E-state index in [1.54, 1.807) is 11.1 Å². The summed E-state index contributed by atoms with van der Waals surface area (Å²) in [5, 5.41) is 12.0. The SMILES string of the molecule is CCNc1ncc2c(n1)N(C)CCN(c1cccc(OCCCN(C)C(=O)O)c1)C2=O. The van der Waals surface area contributed by atoms with Gasteiger partial charge in [0.25, 0.3) is 5.91 Å². The fourth-order valence-corrected chi connectivity index (χ4v) is 3.24. The summed E-state index contributed by atoms with van der Waals surface area (Å²) in [5.41, 5.74) is 1.17. The number of aromatic nitrogens is 2. The summed E-state index contributed by atoms with van der Waals surface area (Å²) in [6, 6.07) is 7.33. The average molecular weight is 428 g/mol. The maximum atomic E-state index is 13.3. The number of hydrogen-bond acceptors (Lipinski definition) is 7. The van der Waals surface area contributed by atoms with Gasteiger partial charge in [-0.3, -0.25) is 4.79 Å². The molecule has 2 N–H and O–H groups in total. The minimum absolute atomic E-state index is 0.164. The highest BCUT2D eigenvalue weighted by molar-refractivity contribution is 6.09. The Morgan fingerprint density at radius 3 is 2.90 bits per heavy atom. The largest absolute Gasteiger partial charge is 0.493 e. The van der Waals surface area contributed by atoms with Gasteiger partial charge in [0, 0.05) is 58.2 Å². The number of nitrogens with one attached hydrogen (secondary N) is 1. The Morgan fingerprint density at radius 2 is 2.16 bits per heavy atom. The van der Waals surface area contributed by atoms with Crippen molar-refractivity contribution >= 4 is 29.5 Å². The molecule has 0 radical (unpaired) electrons. The number of amides is 2. The van der Waals surface area contributed by atoms with Gasteiger partial charge in [-0.05, 0) is 25.5 Å². The predicted octanol–water partition coefficient (Wildman–Crippen LogP) is 2.38. The molecule has 31 heavy (non-hydrogen) atoms. The van der Waals surface area contributed by atoms with Crippen molar-refractivity contribution in [3.63, 3.8) is 0 Å². The number of hydrogen-bond donors (Lipinski definition) is 2. The van der Waals surface area contributed by atoms with Crippen LogP contribution in [0.25, 0.3) is 0 Å². The van der Waals surface area contributed by atoms with Crippen molar-refractivity contribution in [2.75, 3.05) is 62.0 Å². The maximum absolute atomic E-state index is 13.3. The van der Waals surface area contributed by atoms with E-state index in [-0.39, 0.29) is 5.91 Å². The molecular formula is C21H28N6O4. The lowest BCUT2D eigenvalue weighted by Gasteiger charge is -2.21. The Balaban J connectivity index is 1.73. The molecule has 0 unspecified atom stereocenters. The summed E-state index contributed by atoms with van der Waals surface area (Å²) in [6.45, 7) is 4.54. The first kappa shape index (κ1) is 22.1. The van der Waals surface area contributed by atoms with Gasteiger partial charge in [-0.15, -0.1) is 0 Å². The number of carbonyl (C=O) groups excluding carboxylic acids is 1. The van der Waals surface area contributed by atoms with Crippen molar-refractivity contribution in [3.05, 3.63) is 36.0 Å². The van der Waals surface area contributed by atoms with E-state index in [4.69, 9.17) is 9.84 Å². The van der Waals surface area contributed by atoms with Crippen molar-refractivity contribution in [3.8, 4) is 5.75 Å². The van der Waals surface area contributed by atoms with Crippen LogP contribution in [0.2, 0.25) is 0 Å². The molecule has 0 aliphatic carbocycles. The van der Waals surface area contributed by atoms with E-state index >= 15 is 0 Å². The zero-order valence-corrected chi connectivity index (χ0v) is 18.0. The number of carboxylic acid groups (broad SMARTS) is 1. The van der Waals surface area contributed by atoms with Gasteiger partial charge in [0.15, 0.2) is 0 Å². The number of rotatable bonds is 8. The summed E-state index contributed by atoms with van der Waals surface area (Å²) >= 11 is 0. The van der Waals surface area contributed by atoms with E-state index < -0.39 is 6.09 Å². The topological polar surface area (TPSA) is 111 Å². The minimum Gasteiger partial charge on any atom is -0.493 e. The molecule has 1 aliphatic rings. The highest BCUT2D eigenvalue weighted by Gasteiger charge is 2.28. The van der Waals surface area contributed by atoms with Crippen LogP contribution in [0.15, 0.2) is 30.5 Å². The normalized spacial score (nSPS) is 13.5. The second-order valence-corrected chi connectivity index (χ2v) is 7.24. The fraction of sp³-hybridized carbons (Fsp3) is 0.429. The smallest absolute Gasteiger partial charge is 0.407 e. The van der Waals surface area contributed by atoms with Crippen LogP contribution in [0.5, 0.6) is 5.75 Å². The summed E-state index contributed by atoms with van der Waals surface area (Å²) in [6.07, 6.45) is 1.17. The monoisotopic (exact) mass is 428 g/mol. The Labute approximate surface area is 181 Å². The average Bonchev–Trinajstić information content (AvgIpc) is 2.88. The highest BCUT2D eigenvalue weighted by atomic mass is 16.5. The summed E-state index contributed by atoms with van der Waals surface area (Å²) in [5.74, 6) is 1.56. The molecule has 1 aromatic heterocycles. The number of anilines is 3. The number of carbonyl (C=O) groups is 2. The first-order valence-electron chi connectivity index (χ1n) is 10.2. The number of ether oxygens (including phenoxy) is 1. The van der Waals surface area contributed by atoms with Crippen LogP contribution in [0.4, 0.5) is 22.2 Å². The van der Waals surface area contributed by atoms with Crippen LogP contribution in [-0.2, 0) is 0 Å². The zero-order chi connectivity index (χ0) is 22.4. The van der Waals surface area contributed by atoms with Crippen molar-refractivity contribution in [2.24, 2.45) is 0 Å². The quantitative estimate of drug-likeness (QED) is 0.617. The number of benzene rings is 1. The van der Waals surface area contributed by atoms with Crippen LogP contribution in [0, 0.1) is 0 Å². The van der Waals surface area contributed by atoms with Crippen LogP contribution >= 0.6 is 0 Å². The van der Waals surface area contributed by atoms with Crippen LogP contribution in [0.1, 0.15) is 23.7 Å². The molecule has 0 spiro atoms. The molecule has 10 nitrogen and oxygen atoms in total. The van der Waals surface area contributed by atoms with E-state index in [1.165, 1.54) is 11.9 Å². The molecule has 166 valence electrons. The van der Waals surface area contributed by atoms with E-state index in [9.17, 15) is 9.59 Å². The highest BCUT2D eigenvalue weighted by Crippen LogP contribution is 2.28. The van der Waals surface area contributed by atoms with Gasteiger partial charge in [-0.2, -0.15) is 4.98 Å². The second-order valence-electron chi connectivity index (χ2n) is 7.24. The number of fused-ring (bicyclic) bond motifs is 1.